The molecule has 1 fully saturated rings. The summed E-state index contributed by atoms with van der Waals surface area (Å²) in [6.07, 6.45) is 4.72. The molecule has 17 heavy (non-hydrogen) atoms. The maximum Gasteiger partial charge on any atom is 0.106 e. The van der Waals surface area contributed by atoms with Crippen molar-refractivity contribution in [3.05, 3.63) is 30.1 Å². The lowest BCUT2D eigenvalue weighted by Crippen LogP contribution is -2.29. The van der Waals surface area contributed by atoms with Crippen LogP contribution in [-0.4, -0.2) is 15.6 Å². The highest BCUT2D eigenvalue weighted by atomic mass is 15.1. The average Bonchev–Trinajstić information content (AvgIpc) is 2.64. The van der Waals surface area contributed by atoms with Gasteiger partial charge in [-0.15, -0.1) is 0 Å². The Hall–Kier alpha value is -1.35. The van der Waals surface area contributed by atoms with Gasteiger partial charge >= 0.3 is 0 Å². The SMILES string of the molecule is Cc1nc2ccccc2n1C1CCCC(N)C1. The Morgan fingerprint density at radius 3 is 2.94 bits per heavy atom. The summed E-state index contributed by atoms with van der Waals surface area (Å²) in [4.78, 5) is 4.64. The third kappa shape index (κ3) is 1.84. The van der Waals surface area contributed by atoms with Crippen LogP contribution in [0.5, 0.6) is 0 Å². The van der Waals surface area contributed by atoms with Crippen LogP contribution in [0.25, 0.3) is 11.0 Å². The van der Waals surface area contributed by atoms with Crippen LogP contribution in [0, 0.1) is 6.92 Å². The molecule has 0 radical (unpaired) electrons. The molecule has 2 atom stereocenters. The van der Waals surface area contributed by atoms with Gasteiger partial charge in [0.25, 0.3) is 0 Å². The molecule has 1 saturated carbocycles. The van der Waals surface area contributed by atoms with E-state index >= 15 is 0 Å². The zero-order valence-electron chi connectivity index (χ0n) is 10.3. The molecule has 0 aliphatic heterocycles. The lowest BCUT2D eigenvalue weighted by atomic mass is 9.91. The van der Waals surface area contributed by atoms with Crippen LogP contribution >= 0.6 is 0 Å². The molecular formula is C14H19N3. The topological polar surface area (TPSA) is 43.8 Å². The number of hydrogen-bond donors (Lipinski definition) is 1. The third-order valence-corrected chi connectivity index (χ3v) is 3.82. The highest BCUT2D eigenvalue weighted by Gasteiger charge is 2.23. The predicted octanol–water partition coefficient (Wildman–Crippen LogP) is 2.79. The van der Waals surface area contributed by atoms with Crippen molar-refractivity contribution in [3.8, 4) is 0 Å². The van der Waals surface area contributed by atoms with Gasteiger partial charge in [-0.05, 0) is 44.7 Å². The summed E-state index contributed by atoms with van der Waals surface area (Å²) in [7, 11) is 0. The van der Waals surface area contributed by atoms with Gasteiger partial charge in [-0.1, -0.05) is 12.1 Å². The van der Waals surface area contributed by atoms with Gasteiger partial charge in [-0.3, -0.25) is 0 Å². The Bertz CT molecular complexity index is 529. The predicted molar refractivity (Wildman–Crippen MR) is 70.0 cm³/mol. The van der Waals surface area contributed by atoms with Crippen LogP contribution in [-0.2, 0) is 0 Å². The Balaban J connectivity index is 2.06. The number of nitrogens with zero attached hydrogens (tertiary/aromatic N) is 2. The molecule has 2 unspecified atom stereocenters. The molecule has 0 amide bonds. The van der Waals surface area contributed by atoms with E-state index in [4.69, 9.17) is 5.73 Å². The molecule has 3 nitrogen and oxygen atoms in total. The third-order valence-electron chi connectivity index (χ3n) is 3.82. The molecule has 0 spiro atoms. The molecule has 1 aliphatic carbocycles. The number of imidazole rings is 1. The first kappa shape index (κ1) is 10.8. The second-order valence-electron chi connectivity index (χ2n) is 5.10. The fourth-order valence-corrected chi connectivity index (χ4v) is 3.06. The van der Waals surface area contributed by atoms with Crippen molar-refractivity contribution in [2.75, 3.05) is 0 Å². The summed E-state index contributed by atoms with van der Waals surface area (Å²) >= 11 is 0. The van der Waals surface area contributed by atoms with Gasteiger partial charge in [0, 0.05) is 12.1 Å². The zero-order chi connectivity index (χ0) is 11.8. The van der Waals surface area contributed by atoms with E-state index in [1.54, 1.807) is 0 Å². The van der Waals surface area contributed by atoms with Gasteiger partial charge in [0.2, 0.25) is 0 Å². The van der Waals surface area contributed by atoms with Gasteiger partial charge in [0.1, 0.15) is 5.82 Å². The molecule has 1 aromatic carbocycles. The zero-order valence-corrected chi connectivity index (χ0v) is 10.3. The van der Waals surface area contributed by atoms with Crippen molar-refractivity contribution in [3.63, 3.8) is 0 Å². The second kappa shape index (κ2) is 4.15. The molecule has 3 rings (SSSR count). The first-order chi connectivity index (χ1) is 8.25. The van der Waals surface area contributed by atoms with Crippen molar-refractivity contribution in [2.24, 2.45) is 5.73 Å². The number of hydrogen-bond acceptors (Lipinski definition) is 2. The fourth-order valence-electron chi connectivity index (χ4n) is 3.06. The number of fused-ring (bicyclic) bond motifs is 1. The number of aromatic nitrogens is 2. The lowest BCUT2D eigenvalue weighted by molar-refractivity contribution is 0.321. The van der Waals surface area contributed by atoms with Gasteiger partial charge in [0.15, 0.2) is 0 Å². The minimum atomic E-state index is 0.356. The monoisotopic (exact) mass is 229 g/mol. The number of benzene rings is 1. The first-order valence-corrected chi connectivity index (χ1v) is 6.45. The Morgan fingerprint density at radius 2 is 2.12 bits per heavy atom. The standard InChI is InChI=1S/C14H19N3/c1-10-16-13-7-2-3-8-14(13)17(10)12-6-4-5-11(15)9-12/h2-3,7-8,11-12H,4-6,9,15H2,1H3. The van der Waals surface area contributed by atoms with Crippen LogP contribution in [0.15, 0.2) is 24.3 Å². The van der Waals surface area contributed by atoms with E-state index in [-0.39, 0.29) is 0 Å². The van der Waals surface area contributed by atoms with E-state index in [2.05, 4.69) is 34.7 Å². The Kier molecular flexibility index (Phi) is 2.63. The van der Waals surface area contributed by atoms with Crippen LogP contribution in [0.1, 0.15) is 37.5 Å². The van der Waals surface area contributed by atoms with Gasteiger partial charge in [0.05, 0.1) is 11.0 Å². The average molecular weight is 229 g/mol. The van der Waals surface area contributed by atoms with Crippen molar-refractivity contribution < 1.29 is 0 Å². The summed E-state index contributed by atoms with van der Waals surface area (Å²) in [6.45, 7) is 2.10. The van der Waals surface area contributed by atoms with E-state index in [1.165, 1.54) is 24.8 Å². The number of rotatable bonds is 1. The summed E-state index contributed by atoms with van der Waals surface area (Å²) in [6, 6.07) is 9.27. The van der Waals surface area contributed by atoms with Crippen molar-refractivity contribution in [2.45, 2.75) is 44.7 Å². The molecule has 0 saturated heterocycles. The number of aryl methyl sites for hydroxylation is 1. The Morgan fingerprint density at radius 1 is 1.29 bits per heavy atom. The summed E-state index contributed by atoms with van der Waals surface area (Å²) in [5, 5.41) is 0. The van der Waals surface area contributed by atoms with Gasteiger partial charge < -0.3 is 10.3 Å². The van der Waals surface area contributed by atoms with E-state index in [0.717, 1.165) is 17.8 Å². The molecule has 1 aromatic heterocycles. The van der Waals surface area contributed by atoms with Crippen LogP contribution < -0.4 is 5.73 Å². The summed E-state index contributed by atoms with van der Waals surface area (Å²) < 4.78 is 2.38. The van der Waals surface area contributed by atoms with Gasteiger partial charge in [-0.25, -0.2) is 4.98 Å². The normalized spacial score (nSPS) is 25.3. The van der Waals surface area contributed by atoms with E-state index in [0.29, 0.717) is 12.1 Å². The Labute approximate surface area is 102 Å². The molecule has 2 N–H and O–H groups in total. The van der Waals surface area contributed by atoms with E-state index < -0.39 is 0 Å². The van der Waals surface area contributed by atoms with E-state index in [9.17, 15) is 0 Å². The van der Waals surface area contributed by atoms with Crippen LogP contribution in [0.3, 0.4) is 0 Å². The molecule has 2 aromatic rings. The minimum Gasteiger partial charge on any atom is -0.328 e. The van der Waals surface area contributed by atoms with Crippen molar-refractivity contribution in [1.82, 2.24) is 9.55 Å². The van der Waals surface area contributed by atoms with Crippen molar-refractivity contribution >= 4 is 11.0 Å². The molecule has 90 valence electrons. The summed E-state index contributed by atoms with van der Waals surface area (Å²) in [5.74, 6) is 1.12. The van der Waals surface area contributed by atoms with Crippen molar-refractivity contribution in [1.29, 1.82) is 0 Å². The largest absolute Gasteiger partial charge is 0.328 e. The second-order valence-corrected chi connectivity index (χ2v) is 5.10. The molecule has 0 bridgehead atoms. The molecule has 1 aliphatic rings. The highest BCUT2D eigenvalue weighted by Crippen LogP contribution is 2.31. The van der Waals surface area contributed by atoms with Crippen LogP contribution in [0.2, 0.25) is 0 Å². The van der Waals surface area contributed by atoms with Crippen LogP contribution in [0.4, 0.5) is 0 Å². The lowest BCUT2D eigenvalue weighted by Gasteiger charge is -2.29. The minimum absolute atomic E-state index is 0.356. The maximum atomic E-state index is 6.09. The van der Waals surface area contributed by atoms with Gasteiger partial charge in [-0.2, -0.15) is 0 Å². The van der Waals surface area contributed by atoms with E-state index in [1.807, 2.05) is 6.07 Å². The molecule has 3 heteroatoms. The molecular weight excluding hydrogens is 210 g/mol. The maximum absolute atomic E-state index is 6.09. The summed E-state index contributed by atoms with van der Waals surface area (Å²) in [5.41, 5.74) is 8.45. The smallest absolute Gasteiger partial charge is 0.106 e. The number of para-hydroxylation sites is 2. The fraction of sp³-hybridized carbons (Fsp3) is 0.500. The number of nitrogens with two attached hydrogens (primary N) is 1. The molecule has 1 heterocycles. The quantitative estimate of drug-likeness (QED) is 0.817. The highest BCUT2D eigenvalue weighted by molar-refractivity contribution is 5.76. The first-order valence-electron chi connectivity index (χ1n) is 6.45.